The summed E-state index contributed by atoms with van der Waals surface area (Å²) >= 11 is 0. The zero-order chi connectivity index (χ0) is 8.27. The van der Waals surface area contributed by atoms with Crippen LogP contribution in [0.1, 0.15) is 17.4 Å². The van der Waals surface area contributed by atoms with Gasteiger partial charge in [0, 0.05) is 6.20 Å². The van der Waals surface area contributed by atoms with Crippen LogP contribution in [-0.4, -0.2) is 9.97 Å². The van der Waals surface area contributed by atoms with Gasteiger partial charge in [-0.3, -0.25) is 9.97 Å². The molecule has 0 radical (unpaired) electrons. The molecule has 0 fully saturated rings. The molecule has 2 N–H and O–H groups in total. The summed E-state index contributed by atoms with van der Waals surface area (Å²) in [6.07, 6.45) is 8.34. The summed E-state index contributed by atoms with van der Waals surface area (Å²) in [4.78, 5) is 8.03. The van der Waals surface area contributed by atoms with Crippen LogP contribution in [0, 0.1) is 19.3 Å². The van der Waals surface area contributed by atoms with Gasteiger partial charge >= 0.3 is 0 Å². The van der Waals surface area contributed by atoms with Gasteiger partial charge in [0.05, 0.1) is 17.6 Å². The molecule has 0 bridgehead atoms. The molecule has 1 aromatic heterocycles. The highest BCUT2D eigenvalue weighted by atomic mass is 14.8. The van der Waals surface area contributed by atoms with E-state index in [9.17, 15) is 0 Å². The van der Waals surface area contributed by atoms with E-state index in [1.807, 2.05) is 6.92 Å². The van der Waals surface area contributed by atoms with Crippen molar-refractivity contribution < 1.29 is 0 Å². The minimum Gasteiger partial charge on any atom is -0.313 e. The first-order valence-corrected chi connectivity index (χ1v) is 3.24. The quantitative estimate of drug-likeness (QED) is 0.585. The number of hydrogen-bond acceptors (Lipinski definition) is 3. The lowest BCUT2D eigenvalue weighted by molar-refractivity contribution is 0.867. The van der Waals surface area contributed by atoms with Crippen LogP contribution in [0.2, 0.25) is 0 Å². The van der Waals surface area contributed by atoms with Crippen molar-refractivity contribution in [1.82, 2.24) is 9.97 Å². The smallest absolute Gasteiger partial charge is 0.111 e. The van der Waals surface area contributed by atoms with Gasteiger partial charge in [0.1, 0.15) is 6.04 Å². The lowest BCUT2D eigenvalue weighted by Gasteiger charge is -2.01. The fraction of sp³-hybridized carbons (Fsp3) is 0.250. The van der Waals surface area contributed by atoms with Gasteiger partial charge in [-0.1, -0.05) is 5.92 Å². The van der Waals surface area contributed by atoms with Gasteiger partial charge in [0.15, 0.2) is 0 Å². The average molecular weight is 147 g/mol. The normalized spacial score (nSPS) is 12.1. The first kappa shape index (κ1) is 7.70. The highest BCUT2D eigenvalue weighted by Crippen LogP contribution is 2.02. The van der Waals surface area contributed by atoms with Crippen LogP contribution in [0.3, 0.4) is 0 Å². The van der Waals surface area contributed by atoms with Crippen molar-refractivity contribution in [3.63, 3.8) is 0 Å². The van der Waals surface area contributed by atoms with Crippen LogP contribution in [0.4, 0.5) is 0 Å². The van der Waals surface area contributed by atoms with Crippen molar-refractivity contribution in [1.29, 1.82) is 0 Å². The van der Waals surface area contributed by atoms with Crippen LogP contribution in [0.15, 0.2) is 12.4 Å². The molecule has 1 rings (SSSR count). The van der Waals surface area contributed by atoms with E-state index in [4.69, 9.17) is 12.2 Å². The Kier molecular flexibility index (Phi) is 2.19. The third-order valence-electron chi connectivity index (χ3n) is 1.30. The van der Waals surface area contributed by atoms with Crippen molar-refractivity contribution >= 4 is 0 Å². The van der Waals surface area contributed by atoms with Gasteiger partial charge in [-0.2, -0.15) is 0 Å². The van der Waals surface area contributed by atoms with E-state index >= 15 is 0 Å². The molecule has 3 nitrogen and oxygen atoms in total. The number of aromatic nitrogens is 2. The van der Waals surface area contributed by atoms with Crippen LogP contribution in [0.5, 0.6) is 0 Å². The molecule has 0 aliphatic heterocycles. The summed E-state index contributed by atoms with van der Waals surface area (Å²) < 4.78 is 0. The van der Waals surface area contributed by atoms with Crippen molar-refractivity contribution in [3.8, 4) is 12.3 Å². The molecule has 0 aromatic carbocycles. The summed E-state index contributed by atoms with van der Waals surface area (Å²) in [7, 11) is 0. The molecular formula is C8H9N3. The Labute approximate surface area is 65.7 Å². The Morgan fingerprint density at radius 2 is 2.27 bits per heavy atom. The number of aryl methyl sites for hydroxylation is 1. The van der Waals surface area contributed by atoms with Gasteiger partial charge in [0.2, 0.25) is 0 Å². The van der Waals surface area contributed by atoms with E-state index in [0.29, 0.717) is 5.69 Å². The standard InChI is InChI=1S/C8H9N3/c1-3-7(9)8-5-10-6(2)4-11-8/h1,4-5,7H,9H2,2H3. The van der Waals surface area contributed by atoms with E-state index in [1.165, 1.54) is 0 Å². The first-order valence-electron chi connectivity index (χ1n) is 3.24. The predicted molar refractivity (Wildman–Crippen MR) is 42.5 cm³/mol. The maximum absolute atomic E-state index is 5.51. The molecule has 56 valence electrons. The Morgan fingerprint density at radius 1 is 1.55 bits per heavy atom. The second kappa shape index (κ2) is 3.13. The fourth-order valence-electron chi connectivity index (χ4n) is 0.649. The predicted octanol–water partition coefficient (Wildman–Crippen LogP) is 0.418. The Hall–Kier alpha value is -1.40. The highest BCUT2D eigenvalue weighted by Gasteiger charge is 2.01. The largest absolute Gasteiger partial charge is 0.313 e. The molecule has 11 heavy (non-hydrogen) atoms. The topological polar surface area (TPSA) is 51.8 Å². The van der Waals surface area contributed by atoms with E-state index < -0.39 is 6.04 Å². The van der Waals surface area contributed by atoms with E-state index in [1.54, 1.807) is 12.4 Å². The van der Waals surface area contributed by atoms with Crippen LogP contribution < -0.4 is 5.73 Å². The van der Waals surface area contributed by atoms with Gasteiger partial charge in [-0.05, 0) is 6.92 Å². The van der Waals surface area contributed by atoms with Crippen molar-refractivity contribution in [2.45, 2.75) is 13.0 Å². The van der Waals surface area contributed by atoms with Crippen molar-refractivity contribution in [2.24, 2.45) is 5.73 Å². The number of nitrogens with two attached hydrogens (primary N) is 1. The third kappa shape index (κ3) is 1.76. The maximum atomic E-state index is 5.51. The monoisotopic (exact) mass is 147 g/mol. The van der Waals surface area contributed by atoms with E-state index in [2.05, 4.69) is 15.9 Å². The highest BCUT2D eigenvalue weighted by molar-refractivity contribution is 5.14. The molecule has 0 saturated carbocycles. The van der Waals surface area contributed by atoms with Gasteiger partial charge in [0.25, 0.3) is 0 Å². The van der Waals surface area contributed by atoms with Crippen LogP contribution in [0.25, 0.3) is 0 Å². The van der Waals surface area contributed by atoms with E-state index in [0.717, 1.165) is 5.69 Å². The number of hydrogen-bond donors (Lipinski definition) is 1. The Morgan fingerprint density at radius 3 is 2.73 bits per heavy atom. The van der Waals surface area contributed by atoms with Gasteiger partial charge in [-0.15, -0.1) is 6.42 Å². The zero-order valence-electron chi connectivity index (χ0n) is 6.28. The Bertz CT molecular complexity index is 270. The SMILES string of the molecule is C#CC(N)c1cnc(C)cn1. The fourth-order valence-corrected chi connectivity index (χ4v) is 0.649. The number of terminal acetylenes is 1. The summed E-state index contributed by atoms with van der Waals surface area (Å²) in [5.41, 5.74) is 7.00. The summed E-state index contributed by atoms with van der Waals surface area (Å²) in [5.74, 6) is 2.38. The molecule has 0 aliphatic rings. The maximum Gasteiger partial charge on any atom is 0.111 e. The van der Waals surface area contributed by atoms with Crippen molar-refractivity contribution in [3.05, 3.63) is 23.8 Å². The minimum absolute atomic E-state index is 0.442. The lowest BCUT2D eigenvalue weighted by Crippen LogP contribution is -2.09. The van der Waals surface area contributed by atoms with Crippen LogP contribution in [-0.2, 0) is 0 Å². The number of rotatable bonds is 1. The minimum atomic E-state index is -0.442. The molecule has 1 aromatic rings. The number of nitrogens with zero attached hydrogens (tertiary/aromatic N) is 2. The van der Waals surface area contributed by atoms with E-state index in [-0.39, 0.29) is 0 Å². The molecular weight excluding hydrogens is 138 g/mol. The molecule has 0 spiro atoms. The van der Waals surface area contributed by atoms with Crippen molar-refractivity contribution in [2.75, 3.05) is 0 Å². The molecule has 1 unspecified atom stereocenters. The zero-order valence-corrected chi connectivity index (χ0v) is 6.28. The van der Waals surface area contributed by atoms with Gasteiger partial charge < -0.3 is 5.73 Å². The molecule has 1 heterocycles. The molecule has 0 aliphatic carbocycles. The van der Waals surface area contributed by atoms with Gasteiger partial charge in [-0.25, -0.2) is 0 Å². The van der Waals surface area contributed by atoms with Crippen LogP contribution >= 0.6 is 0 Å². The first-order chi connectivity index (χ1) is 5.24. The molecule has 0 amide bonds. The summed E-state index contributed by atoms with van der Waals surface area (Å²) in [6, 6.07) is -0.442. The lowest BCUT2D eigenvalue weighted by atomic mass is 10.2. The molecule has 1 atom stereocenters. The average Bonchev–Trinajstić information content (AvgIpc) is 2.05. The Balaban J connectivity index is 2.92. The molecule has 3 heteroatoms. The second-order valence-electron chi connectivity index (χ2n) is 2.23. The summed E-state index contributed by atoms with van der Waals surface area (Å²) in [5, 5.41) is 0. The third-order valence-corrected chi connectivity index (χ3v) is 1.30. The molecule has 0 saturated heterocycles. The second-order valence-corrected chi connectivity index (χ2v) is 2.23. The summed E-state index contributed by atoms with van der Waals surface area (Å²) in [6.45, 7) is 1.86.